The number of amides is 2. The third-order valence-corrected chi connectivity index (χ3v) is 4.78. The van der Waals surface area contributed by atoms with Crippen LogP contribution in [-0.2, 0) is 16.0 Å². The second-order valence-electron chi connectivity index (χ2n) is 6.62. The molecular formula is C20H24N2O2. The molecule has 2 aromatic rings. The van der Waals surface area contributed by atoms with Gasteiger partial charge in [0.2, 0.25) is 11.8 Å². The van der Waals surface area contributed by atoms with Gasteiger partial charge in [-0.3, -0.25) is 9.59 Å². The fourth-order valence-corrected chi connectivity index (χ4v) is 3.31. The Morgan fingerprint density at radius 3 is 2.50 bits per heavy atom. The first-order valence-corrected chi connectivity index (χ1v) is 8.62. The van der Waals surface area contributed by atoms with Gasteiger partial charge < -0.3 is 10.2 Å². The molecule has 0 saturated carbocycles. The minimum absolute atomic E-state index is 0.0183. The predicted molar refractivity (Wildman–Crippen MR) is 95.6 cm³/mol. The highest BCUT2D eigenvalue weighted by Gasteiger charge is 2.22. The van der Waals surface area contributed by atoms with Crippen molar-refractivity contribution in [3.63, 3.8) is 0 Å². The smallest absolute Gasteiger partial charge is 0.226 e. The number of carbonyl (C=O) groups excluding carboxylic acids is 2. The van der Waals surface area contributed by atoms with Crippen molar-refractivity contribution in [1.29, 1.82) is 0 Å². The summed E-state index contributed by atoms with van der Waals surface area (Å²) in [5.74, 6) is 0.701. The largest absolute Gasteiger partial charge is 0.356 e. The van der Waals surface area contributed by atoms with Gasteiger partial charge in [-0.25, -0.2) is 0 Å². The average Bonchev–Trinajstić information content (AvgIpc) is 2.60. The van der Waals surface area contributed by atoms with E-state index >= 15 is 0 Å². The lowest BCUT2D eigenvalue weighted by Gasteiger charge is -2.32. The highest BCUT2D eigenvalue weighted by molar-refractivity contribution is 5.85. The molecule has 0 spiro atoms. The van der Waals surface area contributed by atoms with Gasteiger partial charge in [0.15, 0.2) is 0 Å². The van der Waals surface area contributed by atoms with E-state index < -0.39 is 0 Å². The molecule has 0 unspecified atom stereocenters. The molecule has 2 aromatic carbocycles. The molecule has 2 amide bonds. The highest BCUT2D eigenvalue weighted by atomic mass is 16.2. The van der Waals surface area contributed by atoms with Gasteiger partial charge in [-0.05, 0) is 35.1 Å². The van der Waals surface area contributed by atoms with Crippen LogP contribution in [0.15, 0.2) is 42.5 Å². The molecule has 1 aliphatic rings. The van der Waals surface area contributed by atoms with Crippen LogP contribution < -0.4 is 5.32 Å². The van der Waals surface area contributed by atoms with Crippen molar-refractivity contribution >= 4 is 22.6 Å². The number of fused-ring (bicyclic) bond motifs is 1. The zero-order chi connectivity index (χ0) is 16.9. The molecule has 0 radical (unpaired) electrons. The SMILES string of the molecule is CC(=O)NCC1CCN(C(=O)Cc2ccc3ccccc3c2)CC1. The van der Waals surface area contributed by atoms with Crippen LogP contribution in [0, 0.1) is 5.92 Å². The summed E-state index contributed by atoms with van der Waals surface area (Å²) in [6.45, 7) is 3.84. The van der Waals surface area contributed by atoms with E-state index in [1.807, 2.05) is 23.1 Å². The molecule has 1 aliphatic heterocycles. The Morgan fingerprint density at radius 2 is 1.79 bits per heavy atom. The number of carbonyl (C=O) groups is 2. The highest BCUT2D eigenvalue weighted by Crippen LogP contribution is 2.19. The molecule has 126 valence electrons. The maximum Gasteiger partial charge on any atom is 0.226 e. The zero-order valence-electron chi connectivity index (χ0n) is 14.1. The van der Waals surface area contributed by atoms with E-state index in [1.165, 1.54) is 10.8 Å². The van der Waals surface area contributed by atoms with Crippen molar-refractivity contribution < 1.29 is 9.59 Å². The Morgan fingerprint density at radius 1 is 1.08 bits per heavy atom. The second-order valence-corrected chi connectivity index (χ2v) is 6.62. The first-order chi connectivity index (χ1) is 11.6. The van der Waals surface area contributed by atoms with Crippen LogP contribution in [0.1, 0.15) is 25.3 Å². The minimum atomic E-state index is 0.0183. The number of nitrogens with one attached hydrogen (secondary N) is 1. The van der Waals surface area contributed by atoms with E-state index in [0.29, 0.717) is 12.3 Å². The number of rotatable bonds is 4. The van der Waals surface area contributed by atoms with Gasteiger partial charge in [0.1, 0.15) is 0 Å². The summed E-state index contributed by atoms with van der Waals surface area (Å²) in [6, 6.07) is 14.4. The van der Waals surface area contributed by atoms with Crippen molar-refractivity contribution in [1.82, 2.24) is 10.2 Å². The molecule has 1 fully saturated rings. The summed E-state index contributed by atoms with van der Waals surface area (Å²) in [6.07, 6.45) is 2.38. The molecule has 3 rings (SSSR count). The maximum atomic E-state index is 12.5. The van der Waals surface area contributed by atoms with Crippen LogP contribution in [-0.4, -0.2) is 36.3 Å². The molecule has 4 nitrogen and oxygen atoms in total. The summed E-state index contributed by atoms with van der Waals surface area (Å²) in [5.41, 5.74) is 1.07. The van der Waals surface area contributed by atoms with Crippen LogP contribution in [0.3, 0.4) is 0 Å². The van der Waals surface area contributed by atoms with E-state index in [4.69, 9.17) is 0 Å². The third kappa shape index (κ3) is 4.13. The molecule has 0 atom stereocenters. The first-order valence-electron chi connectivity index (χ1n) is 8.62. The Bertz CT molecular complexity index is 733. The molecule has 4 heteroatoms. The zero-order valence-corrected chi connectivity index (χ0v) is 14.1. The topological polar surface area (TPSA) is 49.4 Å². The van der Waals surface area contributed by atoms with Crippen molar-refractivity contribution in [2.45, 2.75) is 26.2 Å². The van der Waals surface area contributed by atoms with Crippen LogP contribution in [0.25, 0.3) is 10.8 Å². The Hall–Kier alpha value is -2.36. The number of likely N-dealkylation sites (tertiary alicyclic amines) is 1. The predicted octanol–water partition coefficient (Wildman–Crippen LogP) is 2.76. The van der Waals surface area contributed by atoms with Crippen molar-refractivity contribution in [3.8, 4) is 0 Å². The summed E-state index contributed by atoms with van der Waals surface area (Å²) in [5, 5.41) is 5.25. The van der Waals surface area contributed by atoms with E-state index in [9.17, 15) is 9.59 Å². The Balaban J connectivity index is 1.54. The van der Waals surface area contributed by atoms with Crippen molar-refractivity contribution in [2.24, 2.45) is 5.92 Å². The van der Waals surface area contributed by atoms with Crippen LogP contribution in [0.4, 0.5) is 0 Å². The standard InChI is InChI=1S/C20H24N2O2/c1-15(23)21-14-16-8-10-22(11-9-16)20(24)13-17-6-7-18-4-2-3-5-19(18)12-17/h2-7,12,16H,8-11,13-14H2,1H3,(H,21,23). The molecule has 0 bridgehead atoms. The lowest BCUT2D eigenvalue weighted by Crippen LogP contribution is -2.41. The van der Waals surface area contributed by atoms with Crippen LogP contribution in [0.5, 0.6) is 0 Å². The summed E-state index contributed by atoms with van der Waals surface area (Å²) in [7, 11) is 0. The molecular weight excluding hydrogens is 300 g/mol. The number of hydrogen-bond donors (Lipinski definition) is 1. The lowest BCUT2D eigenvalue weighted by atomic mass is 9.96. The van der Waals surface area contributed by atoms with Gasteiger partial charge in [0, 0.05) is 26.6 Å². The van der Waals surface area contributed by atoms with E-state index in [2.05, 4.69) is 29.6 Å². The Kier molecular flexibility index (Phi) is 5.14. The molecule has 0 aliphatic carbocycles. The number of nitrogens with zero attached hydrogens (tertiary/aromatic N) is 1. The van der Waals surface area contributed by atoms with Gasteiger partial charge in [-0.2, -0.15) is 0 Å². The van der Waals surface area contributed by atoms with Gasteiger partial charge >= 0.3 is 0 Å². The average molecular weight is 324 g/mol. The minimum Gasteiger partial charge on any atom is -0.356 e. The quantitative estimate of drug-likeness (QED) is 0.940. The van der Waals surface area contributed by atoms with Crippen molar-refractivity contribution in [3.05, 3.63) is 48.0 Å². The molecule has 1 heterocycles. The van der Waals surface area contributed by atoms with E-state index in [0.717, 1.165) is 38.0 Å². The summed E-state index contributed by atoms with van der Waals surface area (Å²) in [4.78, 5) is 25.5. The number of piperidine rings is 1. The normalized spacial score (nSPS) is 15.5. The summed E-state index contributed by atoms with van der Waals surface area (Å²) < 4.78 is 0. The van der Waals surface area contributed by atoms with Gasteiger partial charge in [-0.15, -0.1) is 0 Å². The Labute approximate surface area is 142 Å². The fourth-order valence-electron chi connectivity index (χ4n) is 3.31. The first kappa shape index (κ1) is 16.5. The fraction of sp³-hybridized carbons (Fsp3) is 0.400. The second kappa shape index (κ2) is 7.47. The maximum absolute atomic E-state index is 12.5. The number of hydrogen-bond acceptors (Lipinski definition) is 2. The molecule has 1 saturated heterocycles. The van der Waals surface area contributed by atoms with Crippen molar-refractivity contribution in [2.75, 3.05) is 19.6 Å². The lowest BCUT2D eigenvalue weighted by molar-refractivity contribution is -0.132. The van der Waals surface area contributed by atoms with Gasteiger partial charge in [-0.1, -0.05) is 42.5 Å². The van der Waals surface area contributed by atoms with Gasteiger partial charge in [0.05, 0.1) is 6.42 Å². The molecule has 0 aromatic heterocycles. The van der Waals surface area contributed by atoms with Gasteiger partial charge in [0.25, 0.3) is 0 Å². The van der Waals surface area contributed by atoms with E-state index in [-0.39, 0.29) is 11.8 Å². The van der Waals surface area contributed by atoms with E-state index in [1.54, 1.807) is 6.92 Å². The molecule has 24 heavy (non-hydrogen) atoms. The monoisotopic (exact) mass is 324 g/mol. The van der Waals surface area contributed by atoms with Crippen LogP contribution >= 0.6 is 0 Å². The summed E-state index contributed by atoms with van der Waals surface area (Å²) >= 11 is 0. The molecule has 1 N–H and O–H groups in total. The number of benzene rings is 2. The third-order valence-electron chi connectivity index (χ3n) is 4.78. The van der Waals surface area contributed by atoms with Crippen LogP contribution in [0.2, 0.25) is 0 Å².